The van der Waals surface area contributed by atoms with E-state index in [1.807, 2.05) is 17.5 Å². The van der Waals surface area contributed by atoms with E-state index < -0.39 is 4.92 Å². The maximum Gasteiger partial charge on any atom is 0.287 e. The molecule has 0 fully saturated rings. The second kappa shape index (κ2) is 6.69. The van der Waals surface area contributed by atoms with Gasteiger partial charge in [0.15, 0.2) is 0 Å². The van der Waals surface area contributed by atoms with Crippen molar-refractivity contribution in [2.45, 2.75) is 6.42 Å². The number of carbonyl (C=O) groups is 1. The summed E-state index contributed by atoms with van der Waals surface area (Å²) in [4.78, 5) is 25.1. The molecule has 21 heavy (non-hydrogen) atoms. The molecule has 0 aliphatic heterocycles. The summed E-state index contributed by atoms with van der Waals surface area (Å²) in [5, 5.41) is 12.7. The molecule has 7 heteroatoms. The lowest BCUT2D eigenvalue weighted by Gasteiger charge is -2.16. The van der Waals surface area contributed by atoms with Gasteiger partial charge in [-0.15, -0.1) is 11.3 Å². The van der Waals surface area contributed by atoms with Crippen LogP contribution in [0.4, 0.5) is 5.69 Å². The van der Waals surface area contributed by atoms with Gasteiger partial charge < -0.3 is 4.90 Å². The van der Waals surface area contributed by atoms with E-state index in [2.05, 4.69) is 0 Å². The number of carbonyl (C=O) groups excluding carboxylic acids is 1. The van der Waals surface area contributed by atoms with Crippen molar-refractivity contribution in [2.75, 3.05) is 13.6 Å². The molecule has 1 aromatic heterocycles. The number of nitrogens with zero attached hydrogens (tertiary/aromatic N) is 2. The van der Waals surface area contributed by atoms with Crippen LogP contribution in [0, 0.1) is 10.1 Å². The van der Waals surface area contributed by atoms with Crippen molar-refractivity contribution in [1.82, 2.24) is 4.90 Å². The maximum atomic E-state index is 12.2. The molecule has 0 radical (unpaired) electrons. The van der Waals surface area contributed by atoms with Crippen LogP contribution in [-0.4, -0.2) is 29.3 Å². The third-order valence-electron chi connectivity index (χ3n) is 3.01. The highest BCUT2D eigenvalue weighted by Crippen LogP contribution is 2.25. The number of halogens is 1. The predicted octanol–water partition coefficient (Wildman–Crippen LogP) is 3.62. The summed E-state index contributed by atoms with van der Waals surface area (Å²) >= 11 is 7.47. The quantitative estimate of drug-likeness (QED) is 0.623. The summed E-state index contributed by atoms with van der Waals surface area (Å²) in [6.45, 7) is 0.577. The summed E-state index contributed by atoms with van der Waals surface area (Å²) in [5.74, 6) is -0.205. The van der Waals surface area contributed by atoms with E-state index in [4.69, 9.17) is 11.6 Å². The number of amides is 1. The Bertz CT molecular complexity index is 658. The third-order valence-corrected chi connectivity index (χ3v) is 4.25. The van der Waals surface area contributed by atoms with E-state index >= 15 is 0 Å². The Balaban J connectivity index is 2.05. The molecular weight excluding hydrogens is 312 g/mol. The minimum absolute atomic E-state index is 0.0301. The van der Waals surface area contributed by atoms with E-state index in [9.17, 15) is 14.9 Å². The summed E-state index contributed by atoms with van der Waals surface area (Å²) in [5.41, 5.74) is 0.147. The summed E-state index contributed by atoms with van der Waals surface area (Å²) in [6.07, 6.45) is 0.778. The zero-order valence-corrected chi connectivity index (χ0v) is 12.9. The topological polar surface area (TPSA) is 63.5 Å². The monoisotopic (exact) mass is 324 g/mol. The van der Waals surface area contributed by atoms with Gasteiger partial charge in [0.1, 0.15) is 5.02 Å². The molecule has 0 aliphatic rings. The Morgan fingerprint density at radius 3 is 2.76 bits per heavy atom. The number of nitro benzene ring substituents is 1. The molecule has 110 valence electrons. The number of hydrogen-bond donors (Lipinski definition) is 0. The first-order valence-electron chi connectivity index (χ1n) is 6.21. The van der Waals surface area contributed by atoms with E-state index in [0.717, 1.165) is 6.42 Å². The minimum atomic E-state index is -0.572. The van der Waals surface area contributed by atoms with Gasteiger partial charge in [-0.3, -0.25) is 14.9 Å². The van der Waals surface area contributed by atoms with Crippen LogP contribution in [0.3, 0.4) is 0 Å². The van der Waals surface area contributed by atoms with Crippen molar-refractivity contribution in [3.63, 3.8) is 0 Å². The average molecular weight is 325 g/mol. The van der Waals surface area contributed by atoms with Crippen molar-refractivity contribution in [3.8, 4) is 0 Å². The predicted molar refractivity (Wildman–Crippen MR) is 83.1 cm³/mol. The summed E-state index contributed by atoms with van der Waals surface area (Å²) in [7, 11) is 1.70. The maximum absolute atomic E-state index is 12.2. The second-order valence-corrected chi connectivity index (χ2v) is 5.92. The van der Waals surface area contributed by atoms with Gasteiger partial charge >= 0.3 is 0 Å². The van der Waals surface area contributed by atoms with Crippen LogP contribution in [0.15, 0.2) is 35.7 Å². The lowest BCUT2D eigenvalue weighted by atomic mass is 10.2. The molecular formula is C14H13ClN2O3S. The third kappa shape index (κ3) is 3.80. The minimum Gasteiger partial charge on any atom is -0.341 e. The van der Waals surface area contributed by atoms with Gasteiger partial charge in [0.2, 0.25) is 0 Å². The molecule has 0 N–H and O–H groups in total. The van der Waals surface area contributed by atoms with E-state index in [-0.39, 0.29) is 16.6 Å². The molecule has 1 aromatic carbocycles. The first kappa shape index (κ1) is 15.5. The number of nitro groups is 1. The van der Waals surface area contributed by atoms with Crippen LogP contribution in [0.1, 0.15) is 15.2 Å². The highest BCUT2D eigenvalue weighted by atomic mass is 35.5. The van der Waals surface area contributed by atoms with Crippen molar-refractivity contribution in [1.29, 1.82) is 0 Å². The van der Waals surface area contributed by atoms with Gasteiger partial charge in [-0.1, -0.05) is 17.7 Å². The Hall–Kier alpha value is -1.92. The Morgan fingerprint density at radius 2 is 2.19 bits per heavy atom. The number of likely N-dealkylation sites (N-methyl/N-ethyl adjacent to an activating group) is 1. The fourth-order valence-corrected chi connectivity index (χ4v) is 2.79. The van der Waals surface area contributed by atoms with E-state index in [1.165, 1.54) is 23.1 Å². The van der Waals surface area contributed by atoms with Crippen LogP contribution in [0.25, 0.3) is 0 Å². The van der Waals surface area contributed by atoms with Gasteiger partial charge in [-0.25, -0.2) is 0 Å². The number of rotatable bonds is 5. The molecule has 2 rings (SSSR count). The first-order valence-corrected chi connectivity index (χ1v) is 7.46. The lowest BCUT2D eigenvalue weighted by Crippen LogP contribution is -2.28. The van der Waals surface area contributed by atoms with Gasteiger partial charge in [0.25, 0.3) is 11.6 Å². The summed E-state index contributed by atoms with van der Waals surface area (Å²) in [6, 6.07) is 8.00. The van der Waals surface area contributed by atoms with E-state index in [0.29, 0.717) is 12.1 Å². The summed E-state index contributed by atoms with van der Waals surface area (Å²) < 4.78 is 0. The van der Waals surface area contributed by atoms with Gasteiger partial charge in [-0.05, 0) is 30.0 Å². The van der Waals surface area contributed by atoms with Crippen LogP contribution in [0.5, 0.6) is 0 Å². The molecule has 2 aromatic rings. The standard InChI is InChI=1S/C14H13ClN2O3S/c1-16(7-6-11-3-2-8-21-11)14(18)10-4-5-13(17(19)20)12(15)9-10/h2-5,8-9H,6-7H2,1H3. The highest BCUT2D eigenvalue weighted by Gasteiger charge is 2.17. The molecule has 0 saturated carbocycles. The number of benzene rings is 1. The van der Waals surface area contributed by atoms with E-state index in [1.54, 1.807) is 23.3 Å². The SMILES string of the molecule is CN(CCc1cccs1)C(=O)c1ccc([N+](=O)[O-])c(Cl)c1. The highest BCUT2D eigenvalue weighted by molar-refractivity contribution is 7.09. The van der Waals surface area contributed by atoms with Crippen molar-refractivity contribution in [3.05, 3.63) is 61.3 Å². The molecule has 0 spiro atoms. The Morgan fingerprint density at radius 1 is 1.43 bits per heavy atom. The normalized spacial score (nSPS) is 10.4. The smallest absolute Gasteiger partial charge is 0.287 e. The molecule has 0 unspecified atom stereocenters. The fourth-order valence-electron chi connectivity index (χ4n) is 1.84. The van der Waals surface area contributed by atoms with Crippen molar-refractivity contribution >= 4 is 34.5 Å². The molecule has 0 bridgehead atoms. The molecule has 5 nitrogen and oxygen atoms in total. The Kier molecular flexibility index (Phi) is 4.93. The zero-order chi connectivity index (χ0) is 15.4. The van der Waals surface area contributed by atoms with Crippen molar-refractivity contribution < 1.29 is 9.72 Å². The largest absolute Gasteiger partial charge is 0.341 e. The zero-order valence-electron chi connectivity index (χ0n) is 11.3. The van der Waals surface area contributed by atoms with Crippen LogP contribution in [0.2, 0.25) is 5.02 Å². The Labute approximate surface area is 130 Å². The van der Waals surface area contributed by atoms with Gasteiger partial charge in [-0.2, -0.15) is 0 Å². The molecule has 0 aliphatic carbocycles. The number of thiophene rings is 1. The first-order chi connectivity index (χ1) is 9.99. The van der Waals surface area contributed by atoms with Gasteiger partial charge in [0.05, 0.1) is 4.92 Å². The van der Waals surface area contributed by atoms with Crippen molar-refractivity contribution in [2.24, 2.45) is 0 Å². The average Bonchev–Trinajstić information content (AvgIpc) is 2.96. The van der Waals surface area contributed by atoms with Crippen LogP contribution < -0.4 is 0 Å². The molecule has 1 amide bonds. The fraction of sp³-hybridized carbons (Fsp3) is 0.214. The second-order valence-electron chi connectivity index (χ2n) is 4.48. The number of hydrogen-bond acceptors (Lipinski definition) is 4. The lowest BCUT2D eigenvalue weighted by molar-refractivity contribution is -0.384. The molecule has 1 heterocycles. The van der Waals surface area contributed by atoms with Crippen LogP contribution in [-0.2, 0) is 6.42 Å². The molecule has 0 saturated heterocycles. The van der Waals surface area contributed by atoms with Gasteiger partial charge in [0, 0.05) is 30.1 Å². The molecule has 0 atom stereocenters. The van der Waals surface area contributed by atoms with Crippen LogP contribution >= 0.6 is 22.9 Å².